The molecule has 19 heavy (non-hydrogen) atoms. The number of carbonyl (C=O) groups is 2. The number of hydrogen-bond donors (Lipinski definition) is 2. The summed E-state index contributed by atoms with van der Waals surface area (Å²) in [6.07, 6.45) is 2.56. The third-order valence-corrected chi connectivity index (χ3v) is 3.42. The van der Waals surface area contributed by atoms with E-state index in [0.717, 1.165) is 12.2 Å². The standard InChI is InChI=1S/C14H17N3O2/c18-13-8-17(9-14(19)16-13)12-5-1-10(2-6-12)7-15-11-3-4-11/h1-2,5-6,11,15H,3-4,7-9H2,(H,16,18,19). The Morgan fingerprint density at radius 2 is 1.74 bits per heavy atom. The van der Waals surface area contributed by atoms with Crippen LogP contribution in [0.4, 0.5) is 5.69 Å². The van der Waals surface area contributed by atoms with Crippen molar-refractivity contribution in [2.75, 3.05) is 18.0 Å². The van der Waals surface area contributed by atoms with Crippen molar-refractivity contribution in [3.8, 4) is 0 Å². The Kier molecular flexibility index (Phi) is 3.21. The first-order valence-electron chi connectivity index (χ1n) is 6.61. The number of rotatable bonds is 4. The highest BCUT2D eigenvalue weighted by Crippen LogP contribution is 2.20. The van der Waals surface area contributed by atoms with Gasteiger partial charge in [-0.15, -0.1) is 0 Å². The van der Waals surface area contributed by atoms with E-state index in [9.17, 15) is 9.59 Å². The van der Waals surface area contributed by atoms with Gasteiger partial charge >= 0.3 is 0 Å². The smallest absolute Gasteiger partial charge is 0.246 e. The van der Waals surface area contributed by atoms with Crippen molar-refractivity contribution in [2.45, 2.75) is 25.4 Å². The Balaban J connectivity index is 1.63. The third-order valence-electron chi connectivity index (χ3n) is 3.42. The van der Waals surface area contributed by atoms with E-state index in [0.29, 0.717) is 6.04 Å². The lowest BCUT2D eigenvalue weighted by Gasteiger charge is -2.27. The molecule has 5 nitrogen and oxygen atoms in total. The van der Waals surface area contributed by atoms with Crippen LogP contribution in [-0.2, 0) is 16.1 Å². The number of imide groups is 1. The van der Waals surface area contributed by atoms with Gasteiger partial charge in [-0.2, -0.15) is 0 Å². The second-order valence-corrected chi connectivity index (χ2v) is 5.15. The fourth-order valence-corrected chi connectivity index (χ4v) is 2.19. The van der Waals surface area contributed by atoms with Crippen LogP contribution in [0.2, 0.25) is 0 Å². The van der Waals surface area contributed by atoms with Gasteiger partial charge in [-0.3, -0.25) is 14.9 Å². The SMILES string of the molecule is O=C1CN(c2ccc(CNC3CC3)cc2)CC(=O)N1. The average Bonchev–Trinajstić information content (AvgIpc) is 3.20. The highest BCUT2D eigenvalue weighted by molar-refractivity contribution is 6.02. The summed E-state index contributed by atoms with van der Waals surface area (Å²) in [6, 6.07) is 8.72. The van der Waals surface area contributed by atoms with Crippen LogP contribution in [0.25, 0.3) is 0 Å². The fraction of sp³-hybridized carbons (Fsp3) is 0.429. The molecule has 2 aliphatic rings. The van der Waals surface area contributed by atoms with Crippen LogP contribution in [0.15, 0.2) is 24.3 Å². The van der Waals surface area contributed by atoms with Gasteiger partial charge < -0.3 is 10.2 Å². The summed E-state index contributed by atoms with van der Waals surface area (Å²) in [5.74, 6) is -0.480. The molecule has 1 saturated carbocycles. The maximum Gasteiger partial charge on any atom is 0.246 e. The van der Waals surface area contributed by atoms with Gasteiger partial charge in [0.1, 0.15) is 0 Å². The van der Waals surface area contributed by atoms with Crippen molar-refractivity contribution in [3.63, 3.8) is 0 Å². The molecule has 1 heterocycles. The van der Waals surface area contributed by atoms with Crippen LogP contribution in [0.3, 0.4) is 0 Å². The zero-order chi connectivity index (χ0) is 13.2. The Bertz CT molecular complexity index is 478. The van der Waals surface area contributed by atoms with E-state index in [-0.39, 0.29) is 24.9 Å². The van der Waals surface area contributed by atoms with Gasteiger partial charge in [0.05, 0.1) is 13.1 Å². The quantitative estimate of drug-likeness (QED) is 0.768. The lowest BCUT2D eigenvalue weighted by molar-refractivity contribution is -0.130. The largest absolute Gasteiger partial charge is 0.353 e. The molecule has 3 rings (SSSR count). The monoisotopic (exact) mass is 259 g/mol. The molecule has 2 fully saturated rings. The summed E-state index contributed by atoms with van der Waals surface area (Å²) in [4.78, 5) is 24.4. The molecule has 0 unspecified atom stereocenters. The van der Waals surface area contributed by atoms with Crippen LogP contribution in [0, 0.1) is 0 Å². The lowest BCUT2D eigenvalue weighted by Crippen LogP contribution is -2.51. The van der Waals surface area contributed by atoms with Gasteiger partial charge in [-0.05, 0) is 30.5 Å². The van der Waals surface area contributed by atoms with Crippen molar-refractivity contribution in [1.82, 2.24) is 10.6 Å². The van der Waals surface area contributed by atoms with Crippen molar-refractivity contribution in [2.24, 2.45) is 0 Å². The molecule has 1 aromatic rings. The fourth-order valence-electron chi connectivity index (χ4n) is 2.19. The van der Waals surface area contributed by atoms with Gasteiger partial charge in [0.25, 0.3) is 0 Å². The van der Waals surface area contributed by atoms with Gasteiger partial charge in [0.2, 0.25) is 11.8 Å². The van der Waals surface area contributed by atoms with E-state index in [1.54, 1.807) is 4.90 Å². The predicted octanol–water partition coefficient (Wildman–Crippen LogP) is 0.401. The minimum atomic E-state index is -0.240. The molecule has 100 valence electrons. The van der Waals surface area contributed by atoms with E-state index in [4.69, 9.17) is 0 Å². The Morgan fingerprint density at radius 3 is 2.32 bits per heavy atom. The summed E-state index contributed by atoms with van der Waals surface area (Å²) in [5.41, 5.74) is 2.14. The Labute approximate surface area is 112 Å². The minimum absolute atomic E-state index is 0.240. The van der Waals surface area contributed by atoms with Crippen LogP contribution >= 0.6 is 0 Å². The summed E-state index contributed by atoms with van der Waals surface area (Å²) >= 11 is 0. The van der Waals surface area contributed by atoms with E-state index in [1.807, 2.05) is 24.3 Å². The number of anilines is 1. The van der Waals surface area contributed by atoms with Crippen LogP contribution in [0.1, 0.15) is 18.4 Å². The minimum Gasteiger partial charge on any atom is -0.353 e. The molecule has 0 bridgehead atoms. The number of carbonyl (C=O) groups excluding carboxylic acids is 2. The van der Waals surface area contributed by atoms with Gasteiger partial charge in [0, 0.05) is 18.3 Å². The number of nitrogens with one attached hydrogen (secondary N) is 2. The maximum atomic E-state index is 11.3. The first kappa shape index (κ1) is 12.2. The van der Waals surface area contributed by atoms with Gasteiger partial charge in [0.15, 0.2) is 0 Å². The first-order chi connectivity index (χ1) is 9.20. The highest BCUT2D eigenvalue weighted by Gasteiger charge is 2.22. The second kappa shape index (κ2) is 5.01. The molecule has 1 aromatic carbocycles. The van der Waals surface area contributed by atoms with Crippen molar-refractivity contribution >= 4 is 17.5 Å². The molecule has 0 atom stereocenters. The molecule has 0 spiro atoms. The number of benzene rings is 1. The molecule has 1 saturated heterocycles. The lowest BCUT2D eigenvalue weighted by atomic mass is 10.2. The highest BCUT2D eigenvalue weighted by atomic mass is 16.2. The summed E-state index contributed by atoms with van der Waals surface area (Å²) < 4.78 is 0. The molecule has 0 radical (unpaired) electrons. The predicted molar refractivity (Wildman–Crippen MR) is 71.7 cm³/mol. The number of nitrogens with zero attached hydrogens (tertiary/aromatic N) is 1. The van der Waals surface area contributed by atoms with Gasteiger partial charge in [-0.25, -0.2) is 0 Å². The van der Waals surface area contributed by atoms with Crippen molar-refractivity contribution in [3.05, 3.63) is 29.8 Å². The average molecular weight is 259 g/mol. The number of piperazine rings is 1. The normalized spacial score (nSPS) is 19.5. The Hall–Kier alpha value is -1.88. The number of hydrogen-bond acceptors (Lipinski definition) is 4. The Morgan fingerprint density at radius 1 is 1.11 bits per heavy atom. The van der Waals surface area contributed by atoms with E-state index >= 15 is 0 Å². The molecule has 0 aromatic heterocycles. The molecule has 1 aliphatic carbocycles. The number of amides is 2. The molecule has 1 aliphatic heterocycles. The summed E-state index contributed by atoms with van der Waals surface area (Å²) in [5, 5.41) is 5.75. The van der Waals surface area contributed by atoms with Crippen LogP contribution in [-0.4, -0.2) is 30.9 Å². The molecular formula is C14H17N3O2. The topological polar surface area (TPSA) is 61.4 Å². The van der Waals surface area contributed by atoms with Crippen LogP contribution in [0.5, 0.6) is 0 Å². The molecule has 2 amide bonds. The molecule has 5 heteroatoms. The molecule has 2 N–H and O–H groups in total. The summed E-state index contributed by atoms with van der Waals surface area (Å²) in [6.45, 7) is 1.36. The third kappa shape index (κ3) is 3.12. The zero-order valence-corrected chi connectivity index (χ0v) is 10.7. The van der Waals surface area contributed by atoms with E-state index in [1.165, 1.54) is 18.4 Å². The molecular weight excluding hydrogens is 242 g/mol. The maximum absolute atomic E-state index is 11.3. The summed E-state index contributed by atoms with van der Waals surface area (Å²) in [7, 11) is 0. The van der Waals surface area contributed by atoms with E-state index in [2.05, 4.69) is 10.6 Å². The van der Waals surface area contributed by atoms with E-state index < -0.39 is 0 Å². The van der Waals surface area contributed by atoms with Crippen molar-refractivity contribution in [1.29, 1.82) is 0 Å². The van der Waals surface area contributed by atoms with Crippen molar-refractivity contribution < 1.29 is 9.59 Å². The van der Waals surface area contributed by atoms with Gasteiger partial charge in [-0.1, -0.05) is 12.1 Å². The first-order valence-corrected chi connectivity index (χ1v) is 6.61. The van der Waals surface area contributed by atoms with Crippen LogP contribution < -0.4 is 15.5 Å². The second-order valence-electron chi connectivity index (χ2n) is 5.15. The zero-order valence-electron chi connectivity index (χ0n) is 10.7.